The molecule has 3 aromatic heterocycles. The molecule has 0 aliphatic carbocycles. The van der Waals surface area contributed by atoms with Crippen molar-refractivity contribution in [1.82, 2.24) is 14.6 Å². The van der Waals surface area contributed by atoms with Crippen LogP contribution >= 0.6 is 22.9 Å². The van der Waals surface area contributed by atoms with E-state index < -0.39 is 6.03 Å². The van der Waals surface area contributed by atoms with E-state index in [1.807, 2.05) is 19.9 Å². The van der Waals surface area contributed by atoms with E-state index in [0.717, 1.165) is 26.2 Å². The van der Waals surface area contributed by atoms with Crippen LogP contribution in [0.25, 0.3) is 20.4 Å². The molecule has 7 nitrogen and oxygen atoms in total. The van der Waals surface area contributed by atoms with Crippen molar-refractivity contribution in [1.29, 1.82) is 0 Å². The predicted octanol–water partition coefficient (Wildman–Crippen LogP) is 4.36. The first-order valence-electron chi connectivity index (χ1n) is 8.47. The third-order valence-electron chi connectivity index (χ3n) is 4.27. The van der Waals surface area contributed by atoms with Crippen LogP contribution in [0.3, 0.4) is 0 Å². The highest BCUT2D eigenvalue weighted by Gasteiger charge is 2.18. The van der Waals surface area contributed by atoms with Crippen molar-refractivity contribution >= 4 is 55.1 Å². The molecule has 0 saturated heterocycles. The molecule has 0 bridgehead atoms. The minimum Gasteiger partial charge on any atom is -0.307 e. The topological polar surface area (TPSA) is 88.9 Å². The van der Waals surface area contributed by atoms with Gasteiger partial charge >= 0.3 is 6.03 Å². The molecule has 2 N–H and O–H groups in total. The second kappa shape index (κ2) is 6.88. The largest absolute Gasteiger partial charge is 0.338 e. The number of benzene rings is 1. The van der Waals surface area contributed by atoms with Crippen molar-refractivity contribution in [3.05, 3.63) is 62.8 Å². The molecule has 0 saturated carbocycles. The Labute approximate surface area is 169 Å². The van der Waals surface area contributed by atoms with E-state index in [1.165, 1.54) is 11.3 Å². The Bertz CT molecular complexity index is 1290. The molecular weight excluding hydrogens is 398 g/mol. The molecule has 0 aliphatic heterocycles. The van der Waals surface area contributed by atoms with E-state index in [9.17, 15) is 9.59 Å². The molecule has 4 rings (SSSR count). The van der Waals surface area contributed by atoms with E-state index in [4.69, 9.17) is 11.6 Å². The number of aryl methyl sites for hydroxylation is 3. The van der Waals surface area contributed by atoms with Gasteiger partial charge in [0.05, 0.1) is 5.52 Å². The fraction of sp³-hybridized carbons (Fsp3) is 0.158. The standard InChI is InChI=1S/C19H16ClN5O2S/c1-9-8-10(2)21-17-14(9)15-16(28-17)18(26)25(11(3)22-15)24-19(27)23-13-6-4-12(20)5-7-13/h4-8H,1-3H3,(H2,23,24,27). The lowest BCUT2D eigenvalue weighted by atomic mass is 10.1. The van der Waals surface area contributed by atoms with Gasteiger partial charge in [-0.1, -0.05) is 11.6 Å². The number of aromatic nitrogens is 3. The number of hydrogen-bond acceptors (Lipinski definition) is 5. The Hall–Kier alpha value is -2.97. The SMILES string of the molecule is Cc1cc(C)c2c(n1)sc1c(=O)n(NC(=O)Nc3ccc(Cl)cc3)c(C)nc12. The first-order valence-corrected chi connectivity index (χ1v) is 9.66. The molecule has 28 heavy (non-hydrogen) atoms. The van der Waals surface area contributed by atoms with E-state index in [1.54, 1.807) is 31.2 Å². The summed E-state index contributed by atoms with van der Waals surface area (Å²) in [5.74, 6) is 0.378. The number of nitrogens with zero attached hydrogens (tertiary/aromatic N) is 3. The Morgan fingerprint density at radius 3 is 2.57 bits per heavy atom. The van der Waals surface area contributed by atoms with Gasteiger partial charge in [0.25, 0.3) is 5.56 Å². The van der Waals surface area contributed by atoms with Gasteiger partial charge in [-0.15, -0.1) is 11.3 Å². The Morgan fingerprint density at radius 1 is 1.14 bits per heavy atom. The number of carbonyl (C=O) groups excluding carboxylic acids is 1. The first-order chi connectivity index (χ1) is 13.3. The monoisotopic (exact) mass is 413 g/mol. The number of rotatable bonds is 2. The lowest BCUT2D eigenvalue weighted by Gasteiger charge is -2.12. The quantitative estimate of drug-likeness (QED) is 0.511. The van der Waals surface area contributed by atoms with Crippen molar-refractivity contribution in [2.75, 3.05) is 10.7 Å². The minimum atomic E-state index is -0.556. The van der Waals surface area contributed by atoms with Crippen LogP contribution in [0.1, 0.15) is 17.1 Å². The fourth-order valence-corrected chi connectivity index (χ4v) is 4.35. The summed E-state index contributed by atoms with van der Waals surface area (Å²) in [5.41, 5.74) is 5.28. The minimum absolute atomic E-state index is 0.339. The molecular formula is C19H16ClN5O2S. The zero-order valence-corrected chi connectivity index (χ0v) is 16.9. The van der Waals surface area contributed by atoms with Crippen LogP contribution in [0.5, 0.6) is 0 Å². The summed E-state index contributed by atoms with van der Waals surface area (Å²) in [6.45, 7) is 5.56. The van der Waals surface area contributed by atoms with Crippen molar-refractivity contribution in [3.8, 4) is 0 Å². The maximum atomic E-state index is 13.0. The number of nitrogens with one attached hydrogen (secondary N) is 2. The van der Waals surface area contributed by atoms with Crippen molar-refractivity contribution in [2.45, 2.75) is 20.8 Å². The number of pyridine rings is 1. The summed E-state index contributed by atoms with van der Waals surface area (Å²) < 4.78 is 1.60. The van der Waals surface area contributed by atoms with E-state index in [2.05, 4.69) is 20.7 Å². The molecule has 0 radical (unpaired) electrons. The first kappa shape index (κ1) is 18.4. The average molecular weight is 414 g/mol. The van der Waals surface area contributed by atoms with Gasteiger partial charge in [0.1, 0.15) is 15.4 Å². The van der Waals surface area contributed by atoms with Crippen LogP contribution in [-0.2, 0) is 0 Å². The highest BCUT2D eigenvalue weighted by Crippen LogP contribution is 2.31. The second-order valence-corrected chi connectivity index (χ2v) is 7.85. The average Bonchev–Trinajstić information content (AvgIpc) is 2.99. The highest BCUT2D eigenvalue weighted by atomic mass is 35.5. The van der Waals surface area contributed by atoms with E-state index in [0.29, 0.717) is 26.8 Å². The third-order valence-corrected chi connectivity index (χ3v) is 5.58. The van der Waals surface area contributed by atoms with Gasteiger partial charge in [-0.25, -0.2) is 24.9 Å². The van der Waals surface area contributed by atoms with Gasteiger partial charge in [-0.3, -0.25) is 4.79 Å². The van der Waals surface area contributed by atoms with Gasteiger partial charge < -0.3 is 5.32 Å². The molecule has 0 unspecified atom stereocenters. The molecule has 0 aliphatic rings. The van der Waals surface area contributed by atoms with E-state index >= 15 is 0 Å². The normalized spacial score (nSPS) is 11.1. The van der Waals surface area contributed by atoms with Crippen molar-refractivity contribution < 1.29 is 4.79 Å². The molecule has 9 heteroatoms. The number of anilines is 1. The lowest BCUT2D eigenvalue weighted by molar-refractivity contribution is 0.259. The summed E-state index contributed by atoms with van der Waals surface area (Å²) in [4.78, 5) is 35.2. The van der Waals surface area contributed by atoms with Gasteiger partial charge in [0.2, 0.25) is 0 Å². The number of amides is 2. The third kappa shape index (κ3) is 3.21. The van der Waals surface area contributed by atoms with Crippen LogP contribution in [0.2, 0.25) is 5.02 Å². The summed E-state index contributed by atoms with van der Waals surface area (Å²) in [6.07, 6.45) is 0. The number of urea groups is 1. The van der Waals surface area contributed by atoms with Crippen LogP contribution in [0.15, 0.2) is 35.1 Å². The summed E-state index contributed by atoms with van der Waals surface area (Å²) >= 11 is 7.12. The van der Waals surface area contributed by atoms with Gasteiger partial charge in [0, 0.05) is 21.8 Å². The molecule has 3 heterocycles. The maximum Gasteiger partial charge on any atom is 0.338 e. The van der Waals surface area contributed by atoms with Crippen LogP contribution in [-0.4, -0.2) is 20.7 Å². The number of carbonyl (C=O) groups is 1. The fourth-order valence-electron chi connectivity index (χ4n) is 3.06. The Balaban J connectivity index is 1.74. The molecule has 4 aromatic rings. The molecule has 1 aromatic carbocycles. The summed E-state index contributed by atoms with van der Waals surface area (Å²) in [7, 11) is 0. The molecule has 0 atom stereocenters. The predicted molar refractivity (Wildman–Crippen MR) is 113 cm³/mol. The number of fused-ring (bicyclic) bond motifs is 3. The highest BCUT2D eigenvalue weighted by molar-refractivity contribution is 7.25. The Morgan fingerprint density at radius 2 is 1.86 bits per heavy atom. The van der Waals surface area contributed by atoms with Crippen LogP contribution in [0.4, 0.5) is 10.5 Å². The summed E-state index contributed by atoms with van der Waals surface area (Å²) in [5, 5.41) is 4.10. The van der Waals surface area contributed by atoms with Crippen molar-refractivity contribution in [2.24, 2.45) is 0 Å². The van der Waals surface area contributed by atoms with Gasteiger partial charge in [0.15, 0.2) is 0 Å². The Kier molecular flexibility index (Phi) is 4.52. The molecule has 142 valence electrons. The molecule has 2 amide bonds. The van der Waals surface area contributed by atoms with Crippen LogP contribution in [0, 0.1) is 20.8 Å². The number of thiophene rings is 1. The number of hydrogen-bond donors (Lipinski definition) is 2. The van der Waals surface area contributed by atoms with Crippen molar-refractivity contribution in [3.63, 3.8) is 0 Å². The van der Waals surface area contributed by atoms with Gasteiger partial charge in [-0.2, -0.15) is 0 Å². The second-order valence-electron chi connectivity index (χ2n) is 6.41. The molecule has 0 fully saturated rings. The maximum absolute atomic E-state index is 13.0. The van der Waals surface area contributed by atoms with E-state index in [-0.39, 0.29) is 5.56 Å². The summed E-state index contributed by atoms with van der Waals surface area (Å²) in [6, 6.07) is 8.08. The smallest absolute Gasteiger partial charge is 0.307 e. The zero-order valence-electron chi connectivity index (χ0n) is 15.3. The zero-order chi connectivity index (χ0) is 20.0. The lowest BCUT2D eigenvalue weighted by Crippen LogP contribution is -2.37. The van der Waals surface area contributed by atoms with Crippen LogP contribution < -0.4 is 16.3 Å². The molecule has 0 spiro atoms. The number of halogens is 1. The van der Waals surface area contributed by atoms with Gasteiger partial charge in [-0.05, 0) is 56.7 Å².